The van der Waals surface area contributed by atoms with E-state index in [-0.39, 0.29) is 0 Å². The number of benzene rings is 2. The van der Waals surface area contributed by atoms with Gasteiger partial charge < -0.3 is 0 Å². The van der Waals surface area contributed by atoms with Crippen molar-refractivity contribution in [2.45, 2.75) is 51.9 Å². The lowest BCUT2D eigenvalue weighted by molar-refractivity contribution is 0.647. The SMILES string of the molecule is CC/C=C/CCCCCCc1cccc2ccccc12. The number of unbranched alkanes of at least 4 members (excludes halogenated alkanes) is 4. The van der Waals surface area contributed by atoms with Gasteiger partial charge in [-0.05, 0) is 48.4 Å². The lowest BCUT2D eigenvalue weighted by Crippen LogP contribution is -1.88. The molecule has 0 aliphatic heterocycles. The van der Waals surface area contributed by atoms with Crippen LogP contribution in [0.1, 0.15) is 51.0 Å². The first-order valence-electron chi connectivity index (χ1n) is 8.03. The second-order valence-electron chi connectivity index (χ2n) is 5.47. The highest BCUT2D eigenvalue weighted by Gasteiger charge is 1.99. The van der Waals surface area contributed by atoms with Crippen molar-refractivity contribution >= 4 is 10.8 Å². The molecule has 0 saturated heterocycles. The fourth-order valence-corrected chi connectivity index (χ4v) is 2.73. The van der Waals surface area contributed by atoms with Gasteiger partial charge in [-0.25, -0.2) is 0 Å². The Balaban J connectivity index is 1.75. The molecule has 0 aromatic heterocycles. The topological polar surface area (TPSA) is 0 Å². The molecule has 0 aliphatic rings. The molecule has 2 rings (SSSR count). The number of fused-ring (bicyclic) bond motifs is 1. The molecule has 0 N–H and O–H groups in total. The fourth-order valence-electron chi connectivity index (χ4n) is 2.73. The summed E-state index contributed by atoms with van der Waals surface area (Å²) in [6, 6.07) is 15.4. The maximum atomic E-state index is 2.32. The number of hydrogen-bond acceptors (Lipinski definition) is 0. The Bertz CT molecular complexity index is 531. The van der Waals surface area contributed by atoms with Crippen LogP contribution in [0.5, 0.6) is 0 Å². The van der Waals surface area contributed by atoms with E-state index in [9.17, 15) is 0 Å². The van der Waals surface area contributed by atoms with E-state index >= 15 is 0 Å². The van der Waals surface area contributed by atoms with Gasteiger partial charge in [0.05, 0.1) is 0 Å². The molecule has 0 fully saturated rings. The average molecular weight is 266 g/mol. The molecule has 0 heteroatoms. The highest BCUT2D eigenvalue weighted by molar-refractivity contribution is 5.85. The third-order valence-corrected chi connectivity index (χ3v) is 3.85. The normalized spacial score (nSPS) is 11.4. The van der Waals surface area contributed by atoms with Crippen molar-refractivity contribution in [2.24, 2.45) is 0 Å². The molecule has 20 heavy (non-hydrogen) atoms. The summed E-state index contributed by atoms with van der Waals surface area (Å²) in [7, 11) is 0. The second-order valence-corrected chi connectivity index (χ2v) is 5.47. The zero-order chi connectivity index (χ0) is 14.0. The average Bonchev–Trinajstić information content (AvgIpc) is 2.50. The van der Waals surface area contributed by atoms with Gasteiger partial charge in [-0.1, -0.05) is 74.4 Å². The van der Waals surface area contributed by atoms with Gasteiger partial charge >= 0.3 is 0 Å². The van der Waals surface area contributed by atoms with Gasteiger partial charge in [0.15, 0.2) is 0 Å². The summed E-state index contributed by atoms with van der Waals surface area (Å²) in [5, 5.41) is 2.80. The number of hydrogen-bond donors (Lipinski definition) is 0. The standard InChI is InChI=1S/C20H26/c1-2-3-4-5-6-7-8-9-13-18-15-12-16-19-14-10-11-17-20(18)19/h3-4,10-12,14-17H,2,5-9,13H2,1H3/b4-3+. The second kappa shape index (κ2) is 8.58. The first-order valence-corrected chi connectivity index (χ1v) is 8.03. The summed E-state index contributed by atoms with van der Waals surface area (Å²) < 4.78 is 0. The van der Waals surface area contributed by atoms with Crippen molar-refractivity contribution < 1.29 is 0 Å². The van der Waals surface area contributed by atoms with Gasteiger partial charge in [-0.15, -0.1) is 0 Å². The number of allylic oxidation sites excluding steroid dienone is 2. The van der Waals surface area contributed by atoms with Gasteiger partial charge in [0, 0.05) is 0 Å². The molecule has 0 amide bonds. The van der Waals surface area contributed by atoms with Crippen molar-refractivity contribution in [3.05, 3.63) is 60.2 Å². The van der Waals surface area contributed by atoms with Crippen LogP contribution in [0.25, 0.3) is 10.8 Å². The van der Waals surface area contributed by atoms with E-state index in [4.69, 9.17) is 0 Å². The van der Waals surface area contributed by atoms with E-state index in [2.05, 4.69) is 61.5 Å². The molecule has 0 atom stereocenters. The third-order valence-electron chi connectivity index (χ3n) is 3.85. The number of rotatable bonds is 8. The summed E-state index contributed by atoms with van der Waals surface area (Å²) >= 11 is 0. The Morgan fingerprint density at radius 2 is 1.60 bits per heavy atom. The molecular formula is C20H26. The molecule has 2 aromatic rings. The van der Waals surface area contributed by atoms with Crippen LogP contribution in [-0.4, -0.2) is 0 Å². The lowest BCUT2D eigenvalue weighted by atomic mass is 9.99. The molecule has 0 radical (unpaired) electrons. The highest BCUT2D eigenvalue weighted by atomic mass is 14.0. The summed E-state index contributed by atoms with van der Waals surface area (Å²) in [5.41, 5.74) is 1.51. The first-order chi connectivity index (χ1) is 9.92. The minimum absolute atomic E-state index is 1.17. The lowest BCUT2D eigenvalue weighted by Gasteiger charge is -2.06. The molecule has 0 nitrogen and oxygen atoms in total. The Kier molecular flexibility index (Phi) is 6.37. The van der Waals surface area contributed by atoms with Crippen LogP contribution >= 0.6 is 0 Å². The van der Waals surface area contributed by atoms with Crippen molar-refractivity contribution in [2.75, 3.05) is 0 Å². The van der Waals surface area contributed by atoms with Crippen LogP contribution in [0, 0.1) is 0 Å². The van der Waals surface area contributed by atoms with E-state index in [1.54, 1.807) is 0 Å². The van der Waals surface area contributed by atoms with Gasteiger partial charge in [0.25, 0.3) is 0 Å². The molecule has 0 aliphatic carbocycles. The van der Waals surface area contributed by atoms with E-state index in [0.29, 0.717) is 0 Å². The fraction of sp³-hybridized carbons (Fsp3) is 0.400. The maximum absolute atomic E-state index is 2.32. The molecule has 0 saturated carbocycles. The smallest absolute Gasteiger partial charge is 0.0152 e. The molecule has 106 valence electrons. The predicted molar refractivity (Wildman–Crippen MR) is 90.2 cm³/mol. The molecular weight excluding hydrogens is 240 g/mol. The minimum Gasteiger partial charge on any atom is -0.0888 e. The van der Waals surface area contributed by atoms with Crippen LogP contribution in [0.15, 0.2) is 54.6 Å². The van der Waals surface area contributed by atoms with Crippen molar-refractivity contribution in [1.29, 1.82) is 0 Å². The zero-order valence-corrected chi connectivity index (χ0v) is 12.6. The van der Waals surface area contributed by atoms with Crippen LogP contribution in [0.4, 0.5) is 0 Å². The maximum Gasteiger partial charge on any atom is -0.0152 e. The van der Waals surface area contributed by atoms with Gasteiger partial charge in [-0.2, -0.15) is 0 Å². The van der Waals surface area contributed by atoms with E-state index in [1.807, 2.05) is 0 Å². The third kappa shape index (κ3) is 4.52. The van der Waals surface area contributed by atoms with Crippen molar-refractivity contribution in [3.8, 4) is 0 Å². The molecule has 0 heterocycles. The Labute approximate surface area is 123 Å². The number of aryl methyl sites for hydroxylation is 1. The van der Waals surface area contributed by atoms with Crippen LogP contribution in [-0.2, 0) is 6.42 Å². The molecule has 0 bridgehead atoms. The summed E-state index contributed by atoms with van der Waals surface area (Å²) in [6.07, 6.45) is 13.6. The Hall–Kier alpha value is -1.56. The van der Waals surface area contributed by atoms with Gasteiger partial charge in [0.1, 0.15) is 0 Å². The largest absolute Gasteiger partial charge is 0.0888 e. The Morgan fingerprint density at radius 1 is 0.800 bits per heavy atom. The van der Waals surface area contributed by atoms with Crippen LogP contribution in [0.3, 0.4) is 0 Å². The van der Waals surface area contributed by atoms with Crippen molar-refractivity contribution in [1.82, 2.24) is 0 Å². The van der Waals surface area contributed by atoms with Gasteiger partial charge in [0.2, 0.25) is 0 Å². The van der Waals surface area contributed by atoms with Crippen molar-refractivity contribution in [3.63, 3.8) is 0 Å². The quantitative estimate of drug-likeness (QED) is 0.388. The summed E-state index contributed by atoms with van der Waals surface area (Å²) in [4.78, 5) is 0. The molecule has 0 spiro atoms. The highest BCUT2D eigenvalue weighted by Crippen LogP contribution is 2.20. The predicted octanol–water partition coefficient (Wildman–Crippen LogP) is 6.30. The van der Waals surface area contributed by atoms with Crippen LogP contribution in [0.2, 0.25) is 0 Å². The first kappa shape index (κ1) is 14.8. The van der Waals surface area contributed by atoms with E-state index < -0.39 is 0 Å². The molecule has 0 unspecified atom stereocenters. The molecule has 2 aromatic carbocycles. The monoisotopic (exact) mass is 266 g/mol. The zero-order valence-electron chi connectivity index (χ0n) is 12.6. The Morgan fingerprint density at radius 3 is 2.50 bits per heavy atom. The van der Waals surface area contributed by atoms with Crippen LogP contribution < -0.4 is 0 Å². The summed E-state index contributed by atoms with van der Waals surface area (Å²) in [6.45, 7) is 2.20. The van der Waals surface area contributed by atoms with Gasteiger partial charge in [-0.3, -0.25) is 0 Å². The minimum atomic E-state index is 1.17. The summed E-state index contributed by atoms with van der Waals surface area (Å²) in [5.74, 6) is 0. The van der Waals surface area contributed by atoms with E-state index in [1.165, 1.54) is 61.3 Å². The van der Waals surface area contributed by atoms with E-state index in [0.717, 1.165) is 0 Å².